The highest BCUT2D eigenvalue weighted by atomic mass is 32.1. The Balaban J connectivity index is 2.06. The fraction of sp³-hybridized carbons (Fsp3) is 0.727. The Morgan fingerprint density at radius 2 is 1.92 bits per heavy atom. The highest BCUT2D eigenvalue weighted by molar-refractivity contribution is 7.09. The van der Waals surface area contributed by atoms with Crippen LogP contribution in [-0.4, -0.2) is 4.98 Å². The SMILES string of the molecule is Cc1csc(C2CCCCCC2)n1. The third-order valence-electron chi connectivity index (χ3n) is 2.84. The molecule has 1 aromatic rings. The second kappa shape index (κ2) is 4.23. The molecule has 0 unspecified atom stereocenters. The Labute approximate surface area is 84.2 Å². The molecule has 2 rings (SSSR count). The summed E-state index contributed by atoms with van der Waals surface area (Å²) in [6, 6.07) is 0. The van der Waals surface area contributed by atoms with Crippen molar-refractivity contribution in [2.24, 2.45) is 0 Å². The van der Waals surface area contributed by atoms with Crippen molar-refractivity contribution >= 4 is 11.3 Å². The Kier molecular flexibility index (Phi) is 2.99. The van der Waals surface area contributed by atoms with E-state index >= 15 is 0 Å². The zero-order valence-corrected chi connectivity index (χ0v) is 9.07. The van der Waals surface area contributed by atoms with Crippen LogP contribution in [0.15, 0.2) is 5.38 Å². The standard InChI is InChI=1S/C11H17NS/c1-9-8-13-11(12-9)10-6-4-2-3-5-7-10/h8,10H,2-7H2,1H3. The number of nitrogens with zero attached hydrogens (tertiary/aromatic N) is 1. The first-order valence-corrected chi connectivity index (χ1v) is 6.16. The van der Waals surface area contributed by atoms with Crippen molar-refractivity contribution in [3.05, 3.63) is 16.1 Å². The van der Waals surface area contributed by atoms with Crippen LogP contribution in [0.25, 0.3) is 0 Å². The van der Waals surface area contributed by atoms with Crippen LogP contribution < -0.4 is 0 Å². The highest BCUT2D eigenvalue weighted by Crippen LogP contribution is 2.32. The van der Waals surface area contributed by atoms with E-state index in [-0.39, 0.29) is 0 Å². The Morgan fingerprint density at radius 3 is 2.46 bits per heavy atom. The van der Waals surface area contributed by atoms with E-state index in [1.165, 1.54) is 49.2 Å². The first-order chi connectivity index (χ1) is 6.36. The van der Waals surface area contributed by atoms with Gasteiger partial charge in [-0.15, -0.1) is 11.3 Å². The molecule has 0 bridgehead atoms. The van der Waals surface area contributed by atoms with Crippen LogP contribution in [0.5, 0.6) is 0 Å². The van der Waals surface area contributed by atoms with Gasteiger partial charge < -0.3 is 0 Å². The van der Waals surface area contributed by atoms with Crippen LogP contribution in [0.3, 0.4) is 0 Å². The van der Waals surface area contributed by atoms with E-state index in [1.54, 1.807) is 0 Å². The van der Waals surface area contributed by atoms with Gasteiger partial charge in [0.1, 0.15) is 0 Å². The first-order valence-electron chi connectivity index (χ1n) is 5.28. The van der Waals surface area contributed by atoms with Crippen molar-refractivity contribution in [3.8, 4) is 0 Å². The third-order valence-corrected chi connectivity index (χ3v) is 3.97. The summed E-state index contributed by atoms with van der Waals surface area (Å²) in [5.74, 6) is 0.779. The van der Waals surface area contributed by atoms with Gasteiger partial charge in [0.2, 0.25) is 0 Å². The maximum atomic E-state index is 4.59. The highest BCUT2D eigenvalue weighted by Gasteiger charge is 2.16. The smallest absolute Gasteiger partial charge is 0.0959 e. The summed E-state index contributed by atoms with van der Waals surface area (Å²) >= 11 is 1.85. The monoisotopic (exact) mass is 195 g/mol. The van der Waals surface area contributed by atoms with E-state index in [9.17, 15) is 0 Å². The van der Waals surface area contributed by atoms with E-state index in [2.05, 4.69) is 17.3 Å². The molecule has 13 heavy (non-hydrogen) atoms. The Morgan fingerprint density at radius 1 is 1.23 bits per heavy atom. The molecule has 1 aromatic heterocycles. The van der Waals surface area contributed by atoms with Gasteiger partial charge in [-0.05, 0) is 19.8 Å². The molecule has 1 saturated carbocycles. The lowest BCUT2D eigenvalue weighted by Crippen LogP contribution is -1.96. The summed E-state index contributed by atoms with van der Waals surface area (Å²) in [6.45, 7) is 2.09. The molecule has 0 amide bonds. The minimum absolute atomic E-state index is 0.779. The fourth-order valence-corrected chi connectivity index (χ4v) is 3.05. The van der Waals surface area contributed by atoms with Crippen LogP contribution >= 0.6 is 11.3 Å². The zero-order chi connectivity index (χ0) is 9.10. The molecular weight excluding hydrogens is 178 g/mol. The molecule has 1 aliphatic carbocycles. The molecule has 0 N–H and O–H groups in total. The minimum atomic E-state index is 0.779. The van der Waals surface area contributed by atoms with E-state index in [4.69, 9.17) is 0 Å². The van der Waals surface area contributed by atoms with Crippen molar-refractivity contribution in [3.63, 3.8) is 0 Å². The van der Waals surface area contributed by atoms with Crippen LogP contribution in [0.1, 0.15) is 55.1 Å². The molecule has 1 heterocycles. The molecule has 1 aliphatic rings. The van der Waals surface area contributed by atoms with Crippen molar-refractivity contribution in [2.75, 3.05) is 0 Å². The first kappa shape index (κ1) is 9.20. The van der Waals surface area contributed by atoms with Crippen molar-refractivity contribution in [1.82, 2.24) is 4.98 Å². The molecule has 0 atom stereocenters. The second-order valence-corrected chi connectivity index (χ2v) is 4.91. The number of rotatable bonds is 1. The summed E-state index contributed by atoms with van der Waals surface area (Å²) in [7, 11) is 0. The summed E-state index contributed by atoms with van der Waals surface area (Å²) in [5.41, 5.74) is 1.20. The van der Waals surface area contributed by atoms with Gasteiger partial charge in [-0.25, -0.2) is 4.98 Å². The summed E-state index contributed by atoms with van der Waals surface area (Å²) in [5, 5.41) is 3.57. The third kappa shape index (κ3) is 2.31. The lowest BCUT2D eigenvalue weighted by Gasteiger charge is -2.09. The topological polar surface area (TPSA) is 12.9 Å². The lowest BCUT2D eigenvalue weighted by molar-refractivity contribution is 0.588. The quantitative estimate of drug-likeness (QED) is 0.619. The van der Waals surface area contributed by atoms with Gasteiger partial charge >= 0.3 is 0 Å². The van der Waals surface area contributed by atoms with E-state index in [1.807, 2.05) is 11.3 Å². The Hall–Kier alpha value is -0.370. The van der Waals surface area contributed by atoms with Gasteiger partial charge in [0.15, 0.2) is 0 Å². The molecule has 0 radical (unpaired) electrons. The average molecular weight is 195 g/mol. The number of hydrogen-bond donors (Lipinski definition) is 0. The molecule has 0 aromatic carbocycles. The maximum Gasteiger partial charge on any atom is 0.0959 e. The molecule has 2 heteroatoms. The molecule has 1 fully saturated rings. The van der Waals surface area contributed by atoms with E-state index in [0.29, 0.717) is 0 Å². The zero-order valence-electron chi connectivity index (χ0n) is 8.25. The predicted octanol–water partition coefficient (Wildman–Crippen LogP) is 3.89. The fourth-order valence-electron chi connectivity index (χ4n) is 2.09. The van der Waals surface area contributed by atoms with Crippen LogP contribution in [-0.2, 0) is 0 Å². The number of hydrogen-bond acceptors (Lipinski definition) is 2. The lowest BCUT2D eigenvalue weighted by atomic mass is 10.0. The summed E-state index contributed by atoms with van der Waals surface area (Å²) < 4.78 is 0. The summed E-state index contributed by atoms with van der Waals surface area (Å²) in [4.78, 5) is 4.59. The van der Waals surface area contributed by atoms with Gasteiger partial charge in [0.25, 0.3) is 0 Å². The van der Waals surface area contributed by atoms with E-state index in [0.717, 1.165) is 5.92 Å². The van der Waals surface area contributed by atoms with Crippen molar-refractivity contribution in [2.45, 2.75) is 51.4 Å². The molecule has 0 spiro atoms. The maximum absolute atomic E-state index is 4.59. The molecule has 0 saturated heterocycles. The Bertz CT molecular complexity index is 259. The van der Waals surface area contributed by atoms with Gasteiger partial charge in [-0.1, -0.05) is 25.7 Å². The normalized spacial score (nSPS) is 20.1. The second-order valence-electron chi connectivity index (χ2n) is 4.02. The van der Waals surface area contributed by atoms with E-state index < -0.39 is 0 Å². The molecule has 72 valence electrons. The molecular formula is C11H17NS. The van der Waals surface area contributed by atoms with Crippen LogP contribution in [0.4, 0.5) is 0 Å². The molecule has 0 aliphatic heterocycles. The number of thiazole rings is 1. The van der Waals surface area contributed by atoms with Crippen molar-refractivity contribution < 1.29 is 0 Å². The van der Waals surface area contributed by atoms with Gasteiger partial charge in [0.05, 0.1) is 5.01 Å². The minimum Gasteiger partial charge on any atom is -0.246 e. The number of aromatic nitrogens is 1. The van der Waals surface area contributed by atoms with Crippen LogP contribution in [0.2, 0.25) is 0 Å². The number of aryl methyl sites for hydroxylation is 1. The average Bonchev–Trinajstić information content (AvgIpc) is 2.43. The predicted molar refractivity (Wildman–Crippen MR) is 57.3 cm³/mol. The van der Waals surface area contributed by atoms with Gasteiger partial charge in [-0.3, -0.25) is 0 Å². The van der Waals surface area contributed by atoms with Gasteiger partial charge in [0, 0.05) is 17.0 Å². The summed E-state index contributed by atoms with van der Waals surface area (Å²) in [6.07, 6.45) is 8.41. The van der Waals surface area contributed by atoms with Crippen LogP contribution in [0, 0.1) is 6.92 Å². The van der Waals surface area contributed by atoms with Gasteiger partial charge in [-0.2, -0.15) is 0 Å². The largest absolute Gasteiger partial charge is 0.246 e. The molecule has 1 nitrogen and oxygen atoms in total. The van der Waals surface area contributed by atoms with Crippen molar-refractivity contribution in [1.29, 1.82) is 0 Å².